The maximum absolute atomic E-state index is 5.30. The smallest absolute Gasteiger partial charge is 0.0653 e. The average Bonchev–Trinajstić information content (AvgIpc) is 2.19. The molecule has 0 saturated carbocycles. The van der Waals surface area contributed by atoms with Crippen molar-refractivity contribution in [2.45, 2.75) is 20.0 Å². The van der Waals surface area contributed by atoms with Crippen LogP contribution in [0.2, 0.25) is 0 Å². The Morgan fingerprint density at radius 3 is 2.00 bits per heavy atom. The second-order valence-corrected chi connectivity index (χ2v) is 2.69. The topological polar surface area (TPSA) is 18.5 Å². The Hall–Kier alpha value is -1.04. The van der Waals surface area contributed by atoms with E-state index in [1.807, 2.05) is 38.2 Å². The van der Waals surface area contributed by atoms with Crippen LogP contribution in [0.3, 0.4) is 0 Å². The third kappa shape index (κ3) is 17.2. The molecule has 2 nitrogen and oxygen atoms in total. The van der Waals surface area contributed by atoms with E-state index in [4.69, 9.17) is 9.47 Å². The fourth-order valence-electron chi connectivity index (χ4n) is 0.612. The predicted molar refractivity (Wildman–Crippen MR) is 61.1 cm³/mol. The normalized spacial score (nSPS) is 10.7. The highest BCUT2D eigenvalue weighted by Crippen LogP contribution is 1.87. The lowest BCUT2D eigenvalue weighted by Crippen LogP contribution is -2.01. The standard InChI is InChI=1S/C10H18O2.C2H2/c1-10(2)12-9-7-5-4-6-8-11-3;1-2/h4-7,10H,8-9H2,1-3H3;1-2H/b6-4-,7-5-;. The second kappa shape index (κ2) is 14.5. The molecule has 0 bridgehead atoms. The van der Waals surface area contributed by atoms with Gasteiger partial charge in [-0.1, -0.05) is 24.3 Å². The van der Waals surface area contributed by atoms with Gasteiger partial charge in [-0.3, -0.25) is 0 Å². The van der Waals surface area contributed by atoms with Crippen LogP contribution in [-0.2, 0) is 9.47 Å². The molecule has 0 radical (unpaired) electrons. The Kier molecular flexibility index (Phi) is 16.0. The first-order valence-electron chi connectivity index (χ1n) is 4.53. The van der Waals surface area contributed by atoms with Gasteiger partial charge in [0, 0.05) is 7.11 Å². The molecule has 0 atom stereocenters. The van der Waals surface area contributed by atoms with Gasteiger partial charge in [0.2, 0.25) is 0 Å². The molecular weight excluding hydrogens is 176 g/mol. The van der Waals surface area contributed by atoms with Crippen molar-refractivity contribution in [1.82, 2.24) is 0 Å². The van der Waals surface area contributed by atoms with Crippen LogP contribution in [0.15, 0.2) is 24.3 Å². The summed E-state index contributed by atoms with van der Waals surface area (Å²) in [6, 6.07) is 0. The summed E-state index contributed by atoms with van der Waals surface area (Å²) in [4.78, 5) is 0. The van der Waals surface area contributed by atoms with E-state index in [9.17, 15) is 0 Å². The first kappa shape index (κ1) is 15.4. The molecule has 0 aliphatic carbocycles. The molecule has 80 valence electrons. The van der Waals surface area contributed by atoms with Crippen molar-refractivity contribution in [3.05, 3.63) is 24.3 Å². The van der Waals surface area contributed by atoms with Crippen LogP contribution in [0.1, 0.15) is 13.8 Å². The van der Waals surface area contributed by atoms with Gasteiger partial charge < -0.3 is 9.47 Å². The minimum Gasteiger partial charge on any atom is -0.381 e. The van der Waals surface area contributed by atoms with Crippen LogP contribution in [0.25, 0.3) is 0 Å². The highest BCUT2D eigenvalue weighted by atomic mass is 16.5. The maximum atomic E-state index is 5.30. The number of allylic oxidation sites excluding steroid dienone is 2. The highest BCUT2D eigenvalue weighted by molar-refractivity contribution is 5.02. The third-order valence-electron chi connectivity index (χ3n) is 1.17. The average molecular weight is 196 g/mol. The van der Waals surface area contributed by atoms with Crippen LogP contribution in [-0.4, -0.2) is 26.4 Å². The Morgan fingerprint density at radius 2 is 1.57 bits per heavy atom. The molecule has 0 unspecified atom stereocenters. The molecule has 0 rings (SSSR count). The molecule has 14 heavy (non-hydrogen) atoms. The molecule has 0 spiro atoms. The van der Waals surface area contributed by atoms with Crippen molar-refractivity contribution < 1.29 is 9.47 Å². The maximum Gasteiger partial charge on any atom is 0.0653 e. The molecule has 0 saturated heterocycles. The monoisotopic (exact) mass is 196 g/mol. The molecule has 0 heterocycles. The second-order valence-electron chi connectivity index (χ2n) is 2.69. The fourth-order valence-corrected chi connectivity index (χ4v) is 0.612. The molecule has 2 heteroatoms. The Labute approximate surface area is 87.6 Å². The van der Waals surface area contributed by atoms with Gasteiger partial charge in [-0.05, 0) is 13.8 Å². The van der Waals surface area contributed by atoms with Gasteiger partial charge in [0.1, 0.15) is 0 Å². The van der Waals surface area contributed by atoms with Gasteiger partial charge >= 0.3 is 0 Å². The first-order chi connectivity index (χ1) is 6.77. The summed E-state index contributed by atoms with van der Waals surface area (Å²) in [5.41, 5.74) is 0. The number of rotatable bonds is 6. The van der Waals surface area contributed by atoms with E-state index in [0.717, 1.165) is 0 Å². The lowest BCUT2D eigenvalue weighted by Gasteiger charge is -2.01. The predicted octanol–water partition coefficient (Wildman–Crippen LogP) is 2.42. The molecule has 0 fully saturated rings. The van der Waals surface area contributed by atoms with Crippen molar-refractivity contribution in [3.63, 3.8) is 0 Å². The minimum absolute atomic E-state index is 0.303. The van der Waals surface area contributed by atoms with Gasteiger partial charge in [0.15, 0.2) is 0 Å². The van der Waals surface area contributed by atoms with E-state index in [2.05, 4.69) is 12.8 Å². The summed E-state index contributed by atoms with van der Waals surface area (Å²) in [7, 11) is 1.68. The quantitative estimate of drug-likeness (QED) is 0.480. The Morgan fingerprint density at radius 1 is 1.07 bits per heavy atom. The number of methoxy groups -OCH3 is 1. The first-order valence-corrected chi connectivity index (χ1v) is 4.53. The number of hydrogen-bond donors (Lipinski definition) is 0. The van der Waals surface area contributed by atoms with Crippen LogP contribution in [0.4, 0.5) is 0 Å². The van der Waals surface area contributed by atoms with Crippen molar-refractivity contribution in [2.75, 3.05) is 20.3 Å². The molecule has 0 aromatic heterocycles. The zero-order valence-corrected chi connectivity index (χ0v) is 9.27. The Balaban J connectivity index is 0. The van der Waals surface area contributed by atoms with E-state index in [0.29, 0.717) is 19.3 Å². The van der Waals surface area contributed by atoms with Gasteiger partial charge in [-0.25, -0.2) is 0 Å². The summed E-state index contributed by atoms with van der Waals surface area (Å²) >= 11 is 0. The van der Waals surface area contributed by atoms with E-state index in [1.54, 1.807) is 7.11 Å². The van der Waals surface area contributed by atoms with Crippen molar-refractivity contribution in [1.29, 1.82) is 0 Å². The zero-order chi connectivity index (χ0) is 11.2. The fraction of sp³-hybridized carbons (Fsp3) is 0.500. The number of ether oxygens (including phenoxy) is 2. The lowest BCUT2D eigenvalue weighted by molar-refractivity contribution is 0.102. The Bertz CT molecular complexity index is 166. The van der Waals surface area contributed by atoms with Gasteiger partial charge in [-0.2, -0.15) is 0 Å². The molecule has 0 aromatic carbocycles. The van der Waals surface area contributed by atoms with Crippen LogP contribution in [0, 0.1) is 12.8 Å². The van der Waals surface area contributed by atoms with Gasteiger partial charge in [-0.15, -0.1) is 12.8 Å². The molecule has 0 aliphatic heterocycles. The van der Waals surface area contributed by atoms with Crippen molar-refractivity contribution in [3.8, 4) is 12.8 Å². The van der Waals surface area contributed by atoms with Gasteiger partial charge in [0.05, 0.1) is 19.3 Å². The van der Waals surface area contributed by atoms with Crippen molar-refractivity contribution >= 4 is 0 Å². The highest BCUT2D eigenvalue weighted by Gasteiger charge is 1.86. The van der Waals surface area contributed by atoms with Gasteiger partial charge in [0.25, 0.3) is 0 Å². The molecule has 0 aromatic rings. The summed E-state index contributed by atoms with van der Waals surface area (Å²) in [5.74, 6) is 0. The molecular formula is C12H20O2. The SMILES string of the molecule is C#C.COC/C=C\C=C/COC(C)C. The molecule has 0 amide bonds. The van der Waals surface area contributed by atoms with E-state index < -0.39 is 0 Å². The van der Waals surface area contributed by atoms with E-state index in [1.165, 1.54) is 0 Å². The van der Waals surface area contributed by atoms with Crippen LogP contribution in [0.5, 0.6) is 0 Å². The minimum atomic E-state index is 0.303. The van der Waals surface area contributed by atoms with Crippen LogP contribution >= 0.6 is 0 Å². The summed E-state index contributed by atoms with van der Waals surface area (Å²) < 4.78 is 10.1. The zero-order valence-electron chi connectivity index (χ0n) is 9.27. The molecule has 0 aliphatic rings. The lowest BCUT2D eigenvalue weighted by atomic mass is 10.4. The third-order valence-corrected chi connectivity index (χ3v) is 1.17. The molecule has 0 N–H and O–H groups in total. The summed E-state index contributed by atoms with van der Waals surface area (Å²) in [5, 5.41) is 0. The largest absolute Gasteiger partial charge is 0.381 e. The van der Waals surface area contributed by atoms with E-state index >= 15 is 0 Å². The van der Waals surface area contributed by atoms with E-state index in [-0.39, 0.29) is 0 Å². The number of terminal acetylenes is 1. The number of hydrogen-bond acceptors (Lipinski definition) is 2. The summed E-state index contributed by atoms with van der Waals surface area (Å²) in [6.45, 7) is 5.38. The van der Waals surface area contributed by atoms with Crippen molar-refractivity contribution in [2.24, 2.45) is 0 Å². The summed E-state index contributed by atoms with van der Waals surface area (Å²) in [6.07, 6.45) is 16.1. The van der Waals surface area contributed by atoms with Crippen LogP contribution < -0.4 is 0 Å².